The Bertz CT molecular complexity index is 481. The zero-order valence-corrected chi connectivity index (χ0v) is 8.88. The van der Waals surface area contributed by atoms with Gasteiger partial charge in [-0.25, -0.2) is 4.98 Å². The molecule has 1 saturated heterocycles. The monoisotopic (exact) mass is 201 g/mol. The molecule has 0 amide bonds. The van der Waals surface area contributed by atoms with Crippen molar-refractivity contribution in [2.75, 3.05) is 6.54 Å². The number of aromatic amines is 1. The number of H-pyrrole nitrogens is 1. The van der Waals surface area contributed by atoms with Gasteiger partial charge in [-0.3, -0.25) is 0 Å². The molecule has 0 bridgehead atoms. The molecule has 0 spiro atoms. The summed E-state index contributed by atoms with van der Waals surface area (Å²) < 4.78 is 0. The summed E-state index contributed by atoms with van der Waals surface area (Å²) in [5.41, 5.74) is 3.51. The van der Waals surface area contributed by atoms with Gasteiger partial charge in [0.2, 0.25) is 0 Å². The van der Waals surface area contributed by atoms with Crippen LogP contribution in [0.5, 0.6) is 0 Å². The highest BCUT2D eigenvalue weighted by Gasteiger charge is 2.19. The van der Waals surface area contributed by atoms with Crippen LogP contribution in [0.3, 0.4) is 0 Å². The van der Waals surface area contributed by atoms with Gasteiger partial charge in [-0.2, -0.15) is 0 Å². The maximum atomic E-state index is 4.68. The Hall–Kier alpha value is -1.35. The van der Waals surface area contributed by atoms with E-state index in [4.69, 9.17) is 0 Å². The van der Waals surface area contributed by atoms with E-state index in [-0.39, 0.29) is 0 Å². The molecule has 3 rings (SSSR count). The molecule has 1 aliphatic rings. The number of imidazole rings is 1. The highest BCUT2D eigenvalue weighted by molar-refractivity contribution is 5.78. The van der Waals surface area contributed by atoms with Crippen molar-refractivity contribution in [1.82, 2.24) is 15.3 Å². The smallest absolute Gasteiger partial charge is 0.124 e. The lowest BCUT2D eigenvalue weighted by Gasteiger charge is -2.04. The molecule has 1 fully saturated rings. The SMILES string of the molecule is Cc1cccc2[nH]c([C@H]3CCCN3)nc12. The highest BCUT2D eigenvalue weighted by atomic mass is 15.0. The molecule has 3 heteroatoms. The van der Waals surface area contributed by atoms with Gasteiger partial charge in [0, 0.05) is 0 Å². The van der Waals surface area contributed by atoms with Crippen LogP contribution in [0.2, 0.25) is 0 Å². The first-order valence-electron chi connectivity index (χ1n) is 5.53. The van der Waals surface area contributed by atoms with Gasteiger partial charge < -0.3 is 10.3 Å². The number of rotatable bonds is 1. The van der Waals surface area contributed by atoms with Crippen LogP contribution in [0.15, 0.2) is 18.2 Å². The summed E-state index contributed by atoms with van der Waals surface area (Å²) in [7, 11) is 0. The predicted molar refractivity (Wildman–Crippen MR) is 60.8 cm³/mol. The van der Waals surface area contributed by atoms with Crippen LogP contribution < -0.4 is 5.32 Å². The third kappa shape index (κ3) is 1.43. The fourth-order valence-electron chi connectivity index (χ4n) is 2.28. The minimum absolute atomic E-state index is 0.428. The number of hydrogen-bond acceptors (Lipinski definition) is 2. The minimum Gasteiger partial charge on any atom is -0.341 e. The van der Waals surface area contributed by atoms with Gasteiger partial charge in [-0.1, -0.05) is 12.1 Å². The van der Waals surface area contributed by atoms with E-state index in [1.165, 1.54) is 18.4 Å². The second-order valence-electron chi connectivity index (χ2n) is 4.24. The second-order valence-corrected chi connectivity index (χ2v) is 4.24. The van der Waals surface area contributed by atoms with Gasteiger partial charge >= 0.3 is 0 Å². The number of aromatic nitrogens is 2. The van der Waals surface area contributed by atoms with E-state index in [0.717, 1.165) is 23.4 Å². The van der Waals surface area contributed by atoms with Crippen LogP contribution >= 0.6 is 0 Å². The molecule has 0 radical (unpaired) electrons. The van der Waals surface area contributed by atoms with Crippen molar-refractivity contribution in [2.24, 2.45) is 0 Å². The van der Waals surface area contributed by atoms with Gasteiger partial charge in [0.25, 0.3) is 0 Å². The number of hydrogen-bond donors (Lipinski definition) is 2. The summed E-state index contributed by atoms with van der Waals surface area (Å²) in [4.78, 5) is 8.08. The molecule has 2 aromatic rings. The Labute approximate surface area is 88.9 Å². The maximum Gasteiger partial charge on any atom is 0.124 e. The van der Waals surface area contributed by atoms with E-state index in [2.05, 4.69) is 40.4 Å². The van der Waals surface area contributed by atoms with Crippen molar-refractivity contribution in [1.29, 1.82) is 0 Å². The standard InChI is InChI=1S/C12H15N3/c1-8-4-2-5-9-11(8)15-12(14-9)10-6-3-7-13-10/h2,4-5,10,13H,3,6-7H2,1H3,(H,14,15)/t10-/m1/s1. The summed E-state index contributed by atoms with van der Waals surface area (Å²) in [6.45, 7) is 3.22. The minimum atomic E-state index is 0.428. The molecule has 1 aliphatic heterocycles. The van der Waals surface area contributed by atoms with Crippen molar-refractivity contribution in [3.05, 3.63) is 29.6 Å². The predicted octanol–water partition coefficient (Wildman–Crippen LogP) is 2.30. The maximum absolute atomic E-state index is 4.68. The quantitative estimate of drug-likeness (QED) is 0.743. The molecule has 1 aromatic carbocycles. The van der Waals surface area contributed by atoms with E-state index in [1.807, 2.05) is 0 Å². The van der Waals surface area contributed by atoms with Crippen LogP contribution in [0, 0.1) is 6.92 Å². The second kappa shape index (κ2) is 3.35. The van der Waals surface area contributed by atoms with Crippen LogP contribution in [0.4, 0.5) is 0 Å². The van der Waals surface area contributed by atoms with Crippen LogP contribution in [-0.2, 0) is 0 Å². The molecular formula is C12H15N3. The third-order valence-corrected chi connectivity index (χ3v) is 3.12. The van der Waals surface area contributed by atoms with E-state index in [1.54, 1.807) is 0 Å². The lowest BCUT2D eigenvalue weighted by molar-refractivity contribution is 0.614. The number of fused-ring (bicyclic) bond motifs is 1. The average Bonchev–Trinajstić information content (AvgIpc) is 2.86. The number of benzene rings is 1. The van der Waals surface area contributed by atoms with Crippen LogP contribution in [0.1, 0.15) is 30.3 Å². The molecule has 2 heterocycles. The normalized spacial score (nSPS) is 21.3. The number of nitrogens with zero attached hydrogens (tertiary/aromatic N) is 1. The number of para-hydroxylation sites is 1. The highest BCUT2D eigenvalue weighted by Crippen LogP contribution is 2.24. The lowest BCUT2D eigenvalue weighted by atomic mass is 10.2. The Kier molecular flexibility index (Phi) is 1.99. The summed E-state index contributed by atoms with van der Waals surface area (Å²) in [6.07, 6.45) is 2.44. The van der Waals surface area contributed by atoms with Gasteiger partial charge in [0.15, 0.2) is 0 Å². The summed E-state index contributed by atoms with van der Waals surface area (Å²) in [5.74, 6) is 1.09. The molecule has 1 aromatic heterocycles. The summed E-state index contributed by atoms with van der Waals surface area (Å²) in [5, 5.41) is 3.46. The summed E-state index contributed by atoms with van der Waals surface area (Å²) >= 11 is 0. The zero-order chi connectivity index (χ0) is 10.3. The molecule has 3 nitrogen and oxygen atoms in total. The topological polar surface area (TPSA) is 40.7 Å². The third-order valence-electron chi connectivity index (χ3n) is 3.12. The Balaban J connectivity index is 2.09. The van der Waals surface area contributed by atoms with E-state index in [0.29, 0.717) is 6.04 Å². The first-order chi connectivity index (χ1) is 7.34. The Morgan fingerprint density at radius 2 is 2.33 bits per heavy atom. The number of nitrogens with one attached hydrogen (secondary N) is 2. The molecule has 0 unspecified atom stereocenters. The van der Waals surface area contributed by atoms with Gasteiger partial charge in [-0.15, -0.1) is 0 Å². The van der Waals surface area contributed by atoms with E-state index >= 15 is 0 Å². The van der Waals surface area contributed by atoms with Crippen molar-refractivity contribution < 1.29 is 0 Å². The first kappa shape index (κ1) is 8.92. The lowest BCUT2D eigenvalue weighted by Crippen LogP contribution is -2.14. The molecule has 2 N–H and O–H groups in total. The molecule has 0 aliphatic carbocycles. The van der Waals surface area contributed by atoms with Gasteiger partial charge in [-0.05, 0) is 37.9 Å². The number of aryl methyl sites for hydroxylation is 1. The molecule has 15 heavy (non-hydrogen) atoms. The van der Waals surface area contributed by atoms with Crippen molar-refractivity contribution in [3.63, 3.8) is 0 Å². The fourth-order valence-corrected chi connectivity index (χ4v) is 2.28. The van der Waals surface area contributed by atoms with Crippen molar-refractivity contribution in [2.45, 2.75) is 25.8 Å². The largest absolute Gasteiger partial charge is 0.341 e. The van der Waals surface area contributed by atoms with Crippen molar-refractivity contribution in [3.8, 4) is 0 Å². The van der Waals surface area contributed by atoms with Crippen molar-refractivity contribution >= 4 is 11.0 Å². The molecule has 1 atom stereocenters. The van der Waals surface area contributed by atoms with E-state index < -0.39 is 0 Å². The summed E-state index contributed by atoms with van der Waals surface area (Å²) in [6, 6.07) is 6.70. The Morgan fingerprint density at radius 3 is 3.07 bits per heavy atom. The van der Waals surface area contributed by atoms with E-state index in [9.17, 15) is 0 Å². The van der Waals surface area contributed by atoms with Crippen LogP contribution in [0.25, 0.3) is 11.0 Å². The van der Waals surface area contributed by atoms with Crippen LogP contribution in [-0.4, -0.2) is 16.5 Å². The van der Waals surface area contributed by atoms with Gasteiger partial charge in [0.1, 0.15) is 5.82 Å². The first-order valence-corrected chi connectivity index (χ1v) is 5.53. The van der Waals surface area contributed by atoms with Gasteiger partial charge in [0.05, 0.1) is 17.1 Å². The average molecular weight is 201 g/mol. The zero-order valence-electron chi connectivity index (χ0n) is 8.88. The fraction of sp³-hybridized carbons (Fsp3) is 0.417. The Morgan fingerprint density at radius 1 is 1.40 bits per heavy atom. The molecule has 0 saturated carbocycles. The molecule has 78 valence electrons. The molecular weight excluding hydrogens is 186 g/mol.